The predicted molar refractivity (Wildman–Crippen MR) is 49.3 cm³/mol. The lowest BCUT2D eigenvalue weighted by molar-refractivity contribution is -0.507. The largest absolute Gasteiger partial charge is 0.345 e. The Morgan fingerprint density at radius 2 is 2.23 bits per heavy atom. The Hall–Kier alpha value is -1.90. The number of aromatic nitrogens is 3. The molecule has 0 saturated heterocycles. The van der Waals surface area contributed by atoms with Crippen LogP contribution in [-0.4, -0.2) is 9.97 Å². The number of nitrogens with zero attached hydrogens (tertiary/aromatic N) is 2. The maximum atomic E-state index is 4.07. The van der Waals surface area contributed by atoms with Gasteiger partial charge < -0.3 is 4.98 Å². The number of aromatic amines is 1. The summed E-state index contributed by atoms with van der Waals surface area (Å²) in [6, 6.07) is 6.16. The van der Waals surface area contributed by atoms with Gasteiger partial charge in [0.25, 0.3) is 0 Å². The second-order valence-electron chi connectivity index (χ2n) is 3.00. The second kappa shape index (κ2) is 2.29. The Balaban J connectivity index is 2.65. The van der Waals surface area contributed by atoms with Crippen LogP contribution in [0.2, 0.25) is 0 Å². The van der Waals surface area contributed by atoms with E-state index in [0.717, 1.165) is 10.9 Å². The molecule has 62 valence electrons. The van der Waals surface area contributed by atoms with E-state index in [1.807, 2.05) is 30.7 Å². The van der Waals surface area contributed by atoms with Gasteiger partial charge in [0.15, 0.2) is 12.4 Å². The average Bonchev–Trinajstić information content (AvgIpc) is 2.65. The molecular weight excluding hydrogens is 162 g/mol. The zero-order chi connectivity index (χ0) is 8.67. The number of fused-ring (bicyclic) bond motifs is 3. The van der Waals surface area contributed by atoms with Crippen molar-refractivity contribution in [1.29, 1.82) is 0 Å². The van der Waals surface area contributed by atoms with Crippen LogP contribution in [-0.2, 0) is 0 Å². The molecule has 3 heteroatoms. The number of rotatable bonds is 0. The first kappa shape index (κ1) is 6.60. The van der Waals surface area contributed by atoms with Crippen LogP contribution in [0, 0.1) is 0 Å². The van der Waals surface area contributed by atoms with E-state index in [0.29, 0.717) is 0 Å². The molecule has 0 atom stereocenters. The number of H-pyrrole nitrogens is 1. The van der Waals surface area contributed by atoms with Gasteiger partial charge in [-0.05, 0) is 0 Å². The molecule has 0 aliphatic rings. The lowest BCUT2D eigenvalue weighted by Crippen LogP contribution is -2.16. The van der Waals surface area contributed by atoms with Crippen molar-refractivity contribution in [3.05, 3.63) is 43.1 Å². The third-order valence-electron chi connectivity index (χ3n) is 2.25. The molecule has 0 saturated carbocycles. The van der Waals surface area contributed by atoms with Gasteiger partial charge in [-0.25, -0.2) is 4.98 Å². The Kier molecular flexibility index (Phi) is 1.16. The summed E-state index contributed by atoms with van der Waals surface area (Å²) >= 11 is 0. The summed E-state index contributed by atoms with van der Waals surface area (Å²) < 4.78 is 2.08. The summed E-state index contributed by atoms with van der Waals surface area (Å²) in [5, 5.41) is 1.15. The smallest absolute Gasteiger partial charge is 0.221 e. The van der Waals surface area contributed by atoms with Gasteiger partial charge in [-0.2, -0.15) is 4.40 Å². The van der Waals surface area contributed by atoms with Crippen LogP contribution in [0.4, 0.5) is 0 Å². The van der Waals surface area contributed by atoms with E-state index in [2.05, 4.69) is 20.4 Å². The summed E-state index contributed by atoms with van der Waals surface area (Å²) in [6.45, 7) is 0. The summed E-state index contributed by atoms with van der Waals surface area (Å²) in [5.74, 6) is 0. The van der Waals surface area contributed by atoms with Gasteiger partial charge in [-0.15, -0.1) is 0 Å². The fourth-order valence-corrected chi connectivity index (χ4v) is 1.61. The van der Waals surface area contributed by atoms with E-state index in [4.69, 9.17) is 0 Å². The topological polar surface area (TPSA) is 32.8 Å². The Labute approximate surface area is 74.7 Å². The molecule has 0 aliphatic carbocycles. The second-order valence-corrected chi connectivity index (χ2v) is 3.00. The van der Waals surface area contributed by atoms with Crippen LogP contribution < -0.4 is 4.40 Å². The van der Waals surface area contributed by atoms with Crippen molar-refractivity contribution in [3.8, 4) is 0 Å². The van der Waals surface area contributed by atoms with E-state index >= 15 is 0 Å². The van der Waals surface area contributed by atoms with E-state index in [1.165, 1.54) is 5.52 Å². The summed E-state index contributed by atoms with van der Waals surface area (Å²) in [6.07, 6.45) is 7.64. The molecule has 0 bridgehead atoms. The van der Waals surface area contributed by atoms with Gasteiger partial charge >= 0.3 is 0 Å². The molecule has 0 spiro atoms. The predicted octanol–water partition coefficient (Wildman–Crippen LogP) is 1.30. The fraction of sp³-hybridized carbons (Fsp3) is 0. The summed E-state index contributed by atoms with van der Waals surface area (Å²) in [5.41, 5.74) is 2.29. The number of hydrogen-bond donors (Lipinski definition) is 1. The molecule has 0 fully saturated rings. The number of pyridine rings is 1. The number of nitrogens with one attached hydrogen (secondary N) is 1. The van der Waals surface area contributed by atoms with Crippen molar-refractivity contribution in [3.63, 3.8) is 0 Å². The highest BCUT2D eigenvalue weighted by Crippen LogP contribution is 2.12. The molecule has 0 unspecified atom stereocenters. The Morgan fingerprint density at radius 1 is 1.23 bits per heavy atom. The van der Waals surface area contributed by atoms with Crippen molar-refractivity contribution in [2.45, 2.75) is 0 Å². The van der Waals surface area contributed by atoms with Crippen LogP contribution in [0.1, 0.15) is 0 Å². The molecule has 3 aromatic rings. The van der Waals surface area contributed by atoms with Crippen molar-refractivity contribution in [1.82, 2.24) is 9.97 Å². The SMILES string of the molecule is c1cc2c3cnc[nH]c3cc[n+]2c1. The molecule has 0 aromatic carbocycles. The third kappa shape index (κ3) is 0.839. The molecule has 1 N–H and O–H groups in total. The van der Waals surface area contributed by atoms with Crippen LogP contribution >= 0.6 is 0 Å². The maximum Gasteiger partial charge on any atom is 0.221 e. The Morgan fingerprint density at radius 3 is 3.23 bits per heavy atom. The van der Waals surface area contributed by atoms with Gasteiger partial charge in [0.2, 0.25) is 5.52 Å². The molecule has 0 amide bonds. The van der Waals surface area contributed by atoms with Crippen molar-refractivity contribution in [2.24, 2.45) is 0 Å². The third-order valence-corrected chi connectivity index (χ3v) is 2.25. The summed E-state index contributed by atoms with van der Waals surface area (Å²) in [4.78, 5) is 7.18. The zero-order valence-corrected chi connectivity index (χ0v) is 6.94. The summed E-state index contributed by atoms with van der Waals surface area (Å²) in [7, 11) is 0. The van der Waals surface area contributed by atoms with E-state index in [-0.39, 0.29) is 0 Å². The minimum Gasteiger partial charge on any atom is -0.345 e. The standard InChI is InChI=1S/C10H7N3/c1-2-10-8-6-11-7-12-9(8)3-5-13(10)4-1/h1-7H/p+1. The number of hydrogen-bond acceptors (Lipinski definition) is 1. The minimum absolute atomic E-state index is 1.11. The molecule has 3 rings (SSSR count). The van der Waals surface area contributed by atoms with Gasteiger partial charge in [0.1, 0.15) is 0 Å². The zero-order valence-electron chi connectivity index (χ0n) is 6.94. The quantitative estimate of drug-likeness (QED) is 0.507. The van der Waals surface area contributed by atoms with Gasteiger partial charge in [-0.1, -0.05) is 0 Å². The molecule has 3 aromatic heterocycles. The van der Waals surface area contributed by atoms with Gasteiger partial charge in [0, 0.05) is 24.4 Å². The highest BCUT2D eigenvalue weighted by Gasteiger charge is 2.06. The van der Waals surface area contributed by atoms with E-state index in [9.17, 15) is 0 Å². The van der Waals surface area contributed by atoms with Gasteiger partial charge in [-0.3, -0.25) is 0 Å². The van der Waals surface area contributed by atoms with E-state index < -0.39 is 0 Å². The normalized spacial score (nSPS) is 11.1. The van der Waals surface area contributed by atoms with Crippen LogP contribution in [0.15, 0.2) is 43.1 Å². The van der Waals surface area contributed by atoms with Crippen molar-refractivity contribution in [2.75, 3.05) is 0 Å². The average molecular weight is 170 g/mol. The fourth-order valence-electron chi connectivity index (χ4n) is 1.61. The molecular formula is C10H8N3+. The van der Waals surface area contributed by atoms with Crippen molar-refractivity contribution < 1.29 is 4.40 Å². The molecule has 13 heavy (non-hydrogen) atoms. The lowest BCUT2D eigenvalue weighted by Gasteiger charge is -1.93. The monoisotopic (exact) mass is 170 g/mol. The first-order valence-corrected chi connectivity index (χ1v) is 4.16. The minimum atomic E-state index is 1.11. The molecule has 0 radical (unpaired) electrons. The first-order valence-electron chi connectivity index (χ1n) is 4.16. The lowest BCUT2D eigenvalue weighted by atomic mass is 10.3. The van der Waals surface area contributed by atoms with Crippen molar-refractivity contribution >= 4 is 16.4 Å². The van der Waals surface area contributed by atoms with Crippen LogP contribution in [0.5, 0.6) is 0 Å². The highest BCUT2D eigenvalue weighted by atomic mass is 14.9. The van der Waals surface area contributed by atoms with Gasteiger partial charge in [0.05, 0.1) is 17.2 Å². The molecule has 3 nitrogen and oxygen atoms in total. The molecule has 3 heterocycles. The Bertz CT molecular complexity index is 568. The van der Waals surface area contributed by atoms with E-state index in [1.54, 1.807) is 6.33 Å². The van der Waals surface area contributed by atoms with Crippen LogP contribution in [0.3, 0.4) is 0 Å². The molecule has 0 aliphatic heterocycles. The first-order chi connectivity index (χ1) is 6.45. The van der Waals surface area contributed by atoms with Crippen LogP contribution in [0.25, 0.3) is 16.4 Å². The highest BCUT2D eigenvalue weighted by molar-refractivity contribution is 5.89. The maximum absolute atomic E-state index is 4.07.